The van der Waals surface area contributed by atoms with Crippen LogP contribution in [0, 0.1) is 5.92 Å². The maximum atomic E-state index is 11.4. The highest BCUT2D eigenvalue weighted by molar-refractivity contribution is 5.91. The second-order valence-corrected chi connectivity index (χ2v) is 4.96. The molecule has 0 saturated carbocycles. The summed E-state index contributed by atoms with van der Waals surface area (Å²) in [5, 5.41) is 19.5. The first-order valence-electron chi connectivity index (χ1n) is 6.58. The van der Waals surface area contributed by atoms with Crippen LogP contribution in [-0.4, -0.2) is 46.8 Å². The average Bonchev–Trinajstić information content (AvgIpc) is 2.46. The molecular weight excluding hydrogens is 260 g/mol. The van der Waals surface area contributed by atoms with Crippen molar-refractivity contribution in [2.45, 2.75) is 25.8 Å². The van der Waals surface area contributed by atoms with Gasteiger partial charge in [0, 0.05) is 19.6 Å². The first-order chi connectivity index (χ1) is 9.52. The number of piperidine rings is 1. The van der Waals surface area contributed by atoms with Gasteiger partial charge in [-0.3, -0.25) is 9.59 Å². The number of carbonyl (C=O) groups excluding carboxylic acids is 1. The van der Waals surface area contributed by atoms with Crippen LogP contribution < -0.4 is 10.2 Å². The standard InChI is InChI=1S/C13H18N4O3/c1-8-7-9(13(19)20)5-6-17(8)11-4-3-10(15-16-11)12(18)14-2/h3-4,8-9H,5-7H2,1-2H3,(H,14,18)(H,19,20). The van der Waals surface area contributed by atoms with Gasteiger partial charge in [0.2, 0.25) is 0 Å². The molecule has 7 nitrogen and oxygen atoms in total. The quantitative estimate of drug-likeness (QED) is 0.837. The third-order valence-corrected chi connectivity index (χ3v) is 3.63. The number of anilines is 1. The van der Waals surface area contributed by atoms with Gasteiger partial charge in [-0.05, 0) is 31.9 Å². The van der Waals surface area contributed by atoms with Crippen molar-refractivity contribution in [1.29, 1.82) is 0 Å². The molecule has 0 bridgehead atoms. The maximum absolute atomic E-state index is 11.4. The minimum atomic E-state index is -0.738. The Labute approximate surface area is 117 Å². The zero-order valence-electron chi connectivity index (χ0n) is 11.5. The van der Waals surface area contributed by atoms with Crippen LogP contribution in [0.25, 0.3) is 0 Å². The second-order valence-electron chi connectivity index (χ2n) is 4.96. The van der Waals surface area contributed by atoms with Crippen LogP contribution in [0.3, 0.4) is 0 Å². The van der Waals surface area contributed by atoms with Gasteiger partial charge in [0.25, 0.3) is 5.91 Å². The van der Waals surface area contributed by atoms with Crippen molar-refractivity contribution >= 4 is 17.7 Å². The molecule has 1 aromatic rings. The summed E-state index contributed by atoms with van der Waals surface area (Å²) >= 11 is 0. The smallest absolute Gasteiger partial charge is 0.306 e. The van der Waals surface area contributed by atoms with Gasteiger partial charge < -0.3 is 15.3 Å². The number of carboxylic acids is 1. The van der Waals surface area contributed by atoms with E-state index in [0.717, 1.165) is 0 Å². The van der Waals surface area contributed by atoms with Crippen molar-refractivity contribution in [2.75, 3.05) is 18.5 Å². The fraction of sp³-hybridized carbons (Fsp3) is 0.538. The molecular formula is C13H18N4O3. The molecule has 20 heavy (non-hydrogen) atoms. The molecule has 2 heterocycles. The van der Waals surface area contributed by atoms with E-state index < -0.39 is 5.97 Å². The van der Waals surface area contributed by atoms with Crippen LogP contribution in [0.1, 0.15) is 30.3 Å². The van der Waals surface area contributed by atoms with E-state index in [9.17, 15) is 9.59 Å². The molecule has 108 valence electrons. The average molecular weight is 278 g/mol. The maximum Gasteiger partial charge on any atom is 0.306 e. The number of hydrogen-bond donors (Lipinski definition) is 2. The zero-order valence-corrected chi connectivity index (χ0v) is 11.5. The highest BCUT2D eigenvalue weighted by Gasteiger charge is 2.30. The molecule has 2 atom stereocenters. The number of aliphatic carboxylic acids is 1. The van der Waals surface area contributed by atoms with Crippen LogP contribution in [0.4, 0.5) is 5.82 Å². The predicted molar refractivity (Wildman–Crippen MR) is 72.6 cm³/mol. The molecule has 0 radical (unpaired) electrons. The van der Waals surface area contributed by atoms with Gasteiger partial charge in [-0.25, -0.2) is 0 Å². The van der Waals surface area contributed by atoms with Crippen LogP contribution >= 0.6 is 0 Å². The summed E-state index contributed by atoms with van der Waals surface area (Å²) in [4.78, 5) is 24.4. The molecule has 2 N–H and O–H groups in total. The summed E-state index contributed by atoms with van der Waals surface area (Å²) in [5.41, 5.74) is 0.268. The van der Waals surface area contributed by atoms with Crippen molar-refractivity contribution in [1.82, 2.24) is 15.5 Å². The molecule has 1 aromatic heterocycles. The SMILES string of the molecule is CNC(=O)c1ccc(N2CCC(C(=O)O)CC2C)nn1. The van der Waals surface area contributed by atoms with Gasteiger partial charge in [-0.15, -0.1) is 10.2 Å². The van der Waals surface area contributed by atoms with E-state index in [1.54, 1.807) is 12.1 Å². The van der Waals surface area contributed by atoms with Gasteiger partial charge in [0.1, 0.15) is 0 Å². The molecule has 0 spiro atoms. The summed E-state index contributed by atoms with van der Waals surface area (Å²) in [6.45, 7) is 2.61. The number of carboxylic acid groups (broad SMARTS) is 1. The fourth-order valence-electron chi connectivity index (χ4n) is 2.46. The van der Waals surface area contributed by atoms with Crippen molar-refractivity contribution < 1.29 is 14.7 Å². The lowest BCUT2D eigenvalue weighted by Crippen LogP contribution is -2.43. The Morgan fingerprint density at radius 2 is 2.15 bits per heavy atom. The molecule has 1 saturated heterocycles. The summed E-state index contributed by atoms with van der Waals surface area (Å²) in [7, 11) is 1.54. The molecule has 1 aliphatic rings. The highest BCUT2D eigenvalue weighted by Crippen LogP contribution is 2.26. The van der Waals surface area contributed by atoms with E-state index in [1.165, 1.54) is 7.05 Å². The highest BCUT2D eigenvalue weighted by atomic mass is 16.4. The van der Waals surface area contributed by atoms with Gasteiger partial charge in [0.05, 0.1) is 5.92 Å². The number of aromatic nitrogens is 2. The Kier molecular flexibility index (Phi) is 4.16. The van der Waals surface area contributed by atoms with Gasteiger partial charge in [0.15, 0.2) is 11.5 Å². The Bertz CT molecular complexity index is 503. The molecule has 2 unspecified atom stereocenters. The molecule has 0 aliphatic carbocycles. The van der Waals surface area contributed by atoms with Crippen molar-refractivity contribution in [3.63, 3.8) is 0 Å². The number of amides is 1. The normalized spacial score (nSPS) is 22.4. The van der Waals surface area contributed by atoms with Gasteiger partial charge in [-0.2, -0.15) is 0 Å². The van der Waals surface area contributed by atoms with E-state index in [-0.39, 0.29) is 23.6 Å². The third kappa shape index (κ3) is 2.87. The Morgan fingerprint density at radius 3 is 2.65 bits per heavy atom. The topological polar surface area (TPSA) is 95.4 Å². The number of hydrogen-bond acceptors (Lipinski definition) is 5. The first kappa shape index (κ1) is 14.2. The van der Waals surface area contributed by atoms with Gasteiger partial charge >= 0.3 is 5.97 Å². The largest absolute Gasteiger partial charge is 0.481 e. The van der Waals surface area contributed by atoms with Crippen LogP contribution in [-0.2, 0) is 4.79 Å². The molecule has 1 fully saturated rings. The monoisotopic (exact) mass is 278 g/mol. The molecule has 7 heteroatoms. The predicted octanol–water partition coefficient (Wildman–Crippen LogP) is 0.526. The fourth-order valence-corrected chi connectivity index (χ4v) is 2.46. The number of nitrogens with one attached hydrogen (secondary N) is 1. The number of nitrogens with zero attached hydrogens (tertiary/aromatic N) is 3. The Hall–Kier alpha value is -2.18. The van der Waals surface area contributed by atoms with E-state index in [2.05, 4.69) is 15.5 Å². The van der Waals surface area contributed by atoms with Crippen LogP contribution in [0.15, 0.2) is 12.1 Å². The zero-order chi connectivity index (χ0) is 14.7. The van der Waals surface area contributed by atoms with E-state index >= 15 is 0 Å². The number of rotatable bonds is 3. The second kappa shape index (κ2) is 5.85. The van der Waals surface area contributed by atoms with E-state index in [1.807, 2.05) is 11.8 Å². The van der Waals surface area contributed by atoms with Crippen LogP contribution in [0.2, 0.25) is 0 Å². The Balaban J connectivity index is 2.09. The molecule has 2 rings (SSSR count). The minimum absolute atomic E-state index is 0.0880. The lowest BCUT2D eigenvalue weighted by atomic mass is 9.92. The van der Waals surface area contributed by atoms with Crippen molar-refractivity contribution in [3.8, 4) is 0 Å². The molecule has 0 aromatic carbocycles. The van der Waals surface area contributed by atoms with Crippen molar-refractivity contribution in [3.05, 3.63) is 17.8 Å². The lowest BCUT2D eigenvalue weighted by Gasteiger charge is -2.36. The third-order valence-electron chi connectivity index (χ3n) is 3.63. The summed E-state index contributed by atoms with van der Waals surface area (Å²) in [6.07, 6.45) is 1.19. The Morgan fingerprint density at radius 1 is 1.40 bits per heavy atom. The molecule has 1 aliphatic heterocycles. The summed E-state index contributed by atoms with van der Waals surface area (Å²) in [5.74, 6) is -0.632. The lowest BCUT2D eigenvalue weighted by molar-refractivity contribution is -0.142. The number of carbonyl (C=O) groups is 2. The van der Waals surface area contributed by atoms with E-state index in [4.69, 9.17) is 5.11 Å². The minimum Gasteiger partial charge on any atom is -0.481 e. The van der Waals surface area contributed by atoms with Crippen molar-refractivity contribution in [2.24, 2.45) is 5.92 Å². The molecule has 1 amide bonds. The first-order valence-corrected chi connectivity index (χ1v) is 6.58. The summed E-state index contributed by atoms with van der Waals surface area (Å²) in [6, 6.07) is 3.46. The summed E-state index contributed by atoms with van der Waals surface area (Å²) < 4.78 is 0. The van der Waals surface area contributed by atoms with Crippen LogP contribution in [0.5, 0.6) is 0 Å². The van der Waals surface area contributed by atoms with E-state index in [0.29, 0.717) is 25.2 Å². The van der Waals surface area contributed by atoms with Gasteiger partial charge in [-0.1, -0.05) is 0 Å².